The van der Waals surface area contributed by atoms with Gasteiger partial charge >= 0.3 is 0 Å². The second kappa shape index (κ2) is 15.4. The molecule has 10 heteroatoms. The highest BCUT2D eigenvalue weighted by atomic mass is 35.5. The fourth-order valence-electron chi connectivity index (χ4n) is 4.81. The Balaban J connectivity index is 1.82. The summed E-state index contributed by atoms with van der Waals surface area (Å²) >= 11 is 13.1. The van der Waals surface area contributed by atoms with Gasteiger partial charge in [-0.15, -0.1) is 0 Å². The maximum Gasteiger partial charge on any atom is 0.264 e. The van der Waals surface area contributed by atoms with Gasteiger partial charge in [0.1, 0.15) is 12.6 Å². The van der Waals surface area contributed by atoms with Crippen LogP contribution in [0.25, 0.3) is 0 Å². The Morgan fingerprint density at radius 3 is 1.98 bits per heavy atom. The zero-order valence-corrected chi connectivity index (χ0v) is 27.8. The van der Waals surface area contributed by atoms with E-state index >= 15 is 0 Å². The molecule has 4 aromatic rings. The van der Waals surface area contributed by atoms with E-state index in [0.717, 1.165) is 15.4 Å². The van der Waals surface area contributed by atoms with Crippen molar-refractivity contribution < 1.29 is 18.0 Å². The summed E-state index contributed by atoms with van der Waals surface area (Å²) in [4.78, 5) is 29.9. The lowest BCUT2D eigenvalue weighted by molar-refractivity contribution is -0.140. The van der Waals surface area contributed by atoms with Crippen LogP contribution in [0.1, 0.15) is 37.0 Å². The van der Waals surface area contributed by atoms with Gasteiger partial charge in [-0.05, 0) is 62.2 Å². The second-order valence-electron chi connectivity index (χ2n) is 10.9. The van der Waals surface area contributed by atoms with Gasteiger partial charge in [-0.2, -0.15) is 0 Å². The number of rotatable bonds is 13. The lowest BCUT2D eigenvalue weighted by Crippen LogP contribution is -2.54. The van der Waals surface area contributed by atoms with Gasteiger partial charge in [0.2, 0.25) is 11.8 Å². The van der Waals surface area contributed by atoms with Gasteiger partial charge in [0.15, 0.2) is 0 Å². The van der Waals surface area contributed by atoms with Crippen molar-refractivity contribution >= 4 is 50.7 Å². The molecule has 0 heterocycles. The van der Waals surface area contributed by atoms with Crippen LogP contribution in [0.15, 0.2) is 108 Å². The first kappa shape index (κ1) is 34.0. The first-order chi connectivity index (χ1) is 21.5. The largest absolute Gasteiger partial charge is 0.352 e. The smallest absolute Gasteiger partial charge is 0.264 e. The third-order valence-corrected chi connectivity index (χ3v) is 10.1. The van der Waals surface area contributed by atoms with Crippen LogP contribution < -0.4 is 9.62 Å². The molecular formula is C35H37Cl2N3O4S. The highest BCUT2D eigenvalue weighted by molar-refractivity contribution is 7.92. The Bertz CT molecular complexity index is 1680. The molecule has 236 valence electrons. The van der Waals surface area contributed by atoms with E-state index in [2.05, 4.69) is 5.32 Å². The van der Waals surface area contributed by atoms with E-state index in [1.807, 2.05) is 51.1 Å². The van der Waals surface area contributed by atoms with E-state index in [1.165, 1.54) is 17.0 Å². The number of aryl methyl sites for hydroxylation is 1. The van der Waals surface area contributed by atoms with Crippen molar-refractivity contribution in [3.05, 3.63) is 130 Å². The van der Waals surface area contributed by atoms with Crippen LogP contribution in [0.3, 0.4) is 0 Å². The molecule has 0 aliphatic carbocycles. The molecule has 2 amide bonds. The van der Waals surface area contributed by atoms with Crippen LogP contribution in [-0.4, -0.2) is 43.8 Å². The molecule has 0 aliphatic heterocycles. The number of halogens is 2. The van der Waals surface area contributed by atoms with E-state index in [9.17, 15) is 18.0 Å². The third-order valence-electron chi connectivity index (χ3n) is 7.59. The molecule has 0 spiro atoms. The number of hydrogen-bond acceptors (Lipinski definition) is 4. The summed E-state index contributed by atoms with van der Waals surface area (Å²) in [6.07, 6.45) is 0.873. The van der Waals surface area contributed by atoms with Gasteiger partial charge in [0.05, 0.1) is 10.6 Å². The SMILES string of the molecule is CC[C@H](C)NC(=O)[C@H](Cc1ccccc1)N(Cc1c(Cl)cccc1Cl)C(=O)CN(c1ccccc1)S(=O)(=O)c1ccc(C)cc1. The average molecular weight is 667 g/mol. The number of amides is 2. The van der Waals surface area contributed by atoms with Gasteiger partial charge in [0, 0.05) is 34.6 Å². The molecule has 0 aliphatic rings. The van der Waals surface area contributed by atoms with Crippen molar-refractivity contribution in [2.24, 2.45) is 0 Å². The normalized spacial score (nSPS) is 12.6. The number of sulfonamides is 1. The summed E-state index contributed by atoms with van der Waals surface area (Å²) in [6.45, 7) is 5.03. The number of benzene rings is 4. The summed E-state index contributed by atoms with van der Waals surface area (Å²) in [6, 6.07) is 28.1. The van der Waals surface area contributed by atoms with E-state index in [1.54, 1.807) is 60.7 Å². The zero-order valence-electron chi connectivity index (χ0n) is 25.5. The van der Waals surface area contributed by atoms with E-state index < -0.39 is 28.5 Å². The van der Waals surface area contributed by atoms with Gasteiger partial charge in [-0.3, -0.25) is 13.9 Å². The predicted molar refractivity (Wildman–Crippen MR) is 181 cm³/mol. The number of hydrogen-bond donors (Lipinski definition) is 1. The molecule has 0 saturated carbocycles. The van der Waals surface area contributed by atoms with Crippen molar-refractivity contribution in [3.8, 4) is 0 Å². The number of carbonyl (C=O) groups excluding carboxylic acids is 2. The molecule has 45 heavy (non-hydrogen) atoms. The Kier molecular flexibility index (Phi) is 11.7. The van der Waals surface area contributed by atoms with E-state index in [4.69, 9.17) is 23.2 Å². The fraction of sp³-hybridized carbons (Fsp3) is 0.257. The Morgan fingerprint density at radius 1 is 0.822 bits per heavy atom. The molecule has 0 unspecified atom stereocenters. The second-order valence-corrected chi connectivity index (χ2v) is 13.6. The molecule has 0 radical (unpaired) electrons. The monoisotopic (exact) mass is 665 g/mol. The topological polar surface area (TPSA) is 86.8 Å². The maximum absolute atomic E-state index is 14.5. The minimum absolute atomic E-state index is 0.0424. The molecule has 2 atom stereocenters. The van der Waals surface area contributed by atoms with Crippen LogP contribution in [0.2, 0.25) is 10.0 Å². The zero-order chi connectivity index (χ0) is 32.6. The van der Waals surface area contributed by atoms with Crippen molar-refractivity contribution in [2.45, 2.75) is 57.1 Å². The summed E-state index contributed by atoms with van der Waals surface area (Å²) in [5.41, 5.74) is 2.49. The summed E-state index contributed by atoms with van der Waals surface area (Å²) in [5, 5.41) is 3.67. The third kappa shape index (κ3) is 8.66. The number of carbonyl (C=O) groups is 2. The minimum atomic E-state index is -4.18. The van der Waals surface area contributed by atoms with Gasteiger partial charge in [0.25, 0.3) is 10.0 Å². The molecule has 0 bridgehead atoms. The summed E-state index contributed by atoms with van der Waals surface area (Å²) < 4.78 is 29.2. The predicted octanol–water partition coefficient (Wildman–Crippen LogP) is 7.05. The van der Waals surface area contributed by atoms with Crippen LogP contribution in [0.4, 0.5) is 5.69 Å². The van der Waals surface area contributed by atoms with Crippen molar-refractivity contribution in [1.29, 1.82) is 0 Å². The standard InChI is InChI=1S/C35H37Cl2N3O4S/c1-4-26(3)38-35(42)33(22-27-12-7-5-8-13-27)39(23-30-31(36)16-11-17-32(30)37)34(41)24-40(28-14-9-6-10-15-28)45(43,44)29-20-18-25(2)19-21-29/h5-21,26,33H,4,22-24H2,1-3H3,(H,38,42)/t26-,33-/m0/s1. The lowest BCUT2D eigenvalue weighted by atomic mass is 10.0. The highest BCUT2D eigenvalue weighted by Gasteiger charge is 2.35. The first-order valence-corrected chi connectivity index (χ1v) is 16.9. The quantitative estimate of drug-likeness (QED) is 0.166. The van der Waals surface area contributed by atoms with Crippen LogP contribution in [0.5, 0.6) is 0 Å². The highest BCUT2D eigenvalue weighted by Crippen LogP contribution is 2.29. The number of anilines is 1. The molecule has 0 aromatic heterocycles. The molecular weight excluding hydrogens is 629 g/mol. The lowest BCUT2D eigenvalue weighted by Gasteiger charge is -2.34. The minimum Gasteiger partial charge on any atom is -0.352 e. The van der Waals surface area contributed by atoms with Crippen LogP contribution in [0, 0.1) is 6.92 Å². The maximum atomic E-state index is 14.5. The van der Waals surface area contributed by atoms with E-state index in [-0.39, 0.29) is 29.8 Å². The molecule has 4 rings (SSSR count). The molecule has 1 N–H and O–H groups in total. The van der Waals surface area contributed by atoms with E-state index in [0.29, 0.717) is 27.7 Å². The number of nitrogens with one attached hydrogen (secondary N) is 1. The summed E-state index contributed by atoms with van der Waals surface area (Å²) in [7, 11) is -4.18. The Morgan fingerprint density at radius 2 is 1.40 bits per heavy atom. The van der Waals surface area contributed by atoms with Crippen LogP contribution >= 0.6 is 23.2 Å². The number of para-hydroxylation sites is 1. The van der Waals surface area contributed by atoms with Crippen molar-refractivity contribution in [3.63, 3.8) is 0 Å². The molecule has 7 nitrogen and oxygen atoms in total. The van der Waals surface area contributed by atoms with Gasteiger partial charge in [-0.1, -0.05) is 102 Å². The number of nitrogens with zero attached hydrogens (tertiary/aromatic N) is 2. The molecule has 4 aromatic carbocycles. The summed E-state index contributed by atoms with van der Waals surface area (Å²) in [5.74, 6) is -0.955. The fourth-order valence-corrected chi connectivity index (χ4v) is 6.74. The molecule has 0 saturated heterocycles. The van der Waals surface area contributed by atoms with Crippen molar-refractivity contribution in [1.82, 2.24) is 10.2 Å². The van der Waals surface area contributed by atoms with Crippen LogP contribution in [-0.2, 0) is 32.6 Å². The van der Waals surface area contributed by atoms with Gasteiger partial charge in [-0.25, -0.2) is 8.42 Å². The van der Waals surface area contributed by atoms with Gasteiger partial charge < -0.3 is 10.2 Å². The Hall–Kier alpha value is -3.85. The molecule has 0 fully saturated rings. The first-order valence-electron chi connectivity index (χ1n) is 14.7. The average Bonchev–Trinajstić information content (AvgIpc) is 3.03. The Labute approximate surface area is 275 Å². The van der Waals surface area contributed by atoms with Crippen molar-refractivity contribution in [2.75, 3.05) is 10.8 Å².